The quantitative estimate of drug-likeness (QED) is 0.721. The molecule has 3 rings (SSSR count). The van der Waals surface area contributed by atoms with Gasteiger partial charge in [-0.15, -0.1) is 0 Å². The summed E-state index contributed by atoms with van der Waals surface area (Å²) in [5.41, 5.74) is 0.390. The van der Waals surface area contributed by atoms with Crippen molar-refractivity contribution in [1.82, 2.24) is 14.7 Å². The number of nitrogens with one attached hydrogen (secondary N) is 2. The van der Waals surface area contributed by atoms with Crippen molar-refractivity contribution < 1.29 is 17.5 Å². The average Bonchev–Trinajstić information content (AvgIpc) is 3.03. The number of hydrogen-bond donors (Lipinski definition) is 2. The standard InChI is InChI=1S/C17H22FN5O3S/c1-19-17-20-7-6-16(21-17)23-9-14(15(10-23)26-2)22-27(24,25)11-12-4-3-5-13(18)8-12/h3-8,14-15,22H,9-11H2,1-2H3,(H,19,20,21)/t14-,15+/m1/s1. The van der Waals surface area contributed by atoms with Crippen LogP contribution in [0.2, 0.25) is 0 Å². The molecular weight excluding hydrogens is 373 g/mol. The Labute approximate surface area is 157 Å². The highest BCUT2D eigenvalue weighted by atomic mass is 32.2. The number of sulfonamides is 1. The molecule has 2 atom stereocenters. The van der Waals surface area contributed by atoms with Crippen LogP contribution in [0.15, 0.2) is 36.5 Å². The summed E-state index contributed by atoms with van der Waals surface area (Å²) in [5.74, 6) is 0.406. The second-order valence-electron chi connectivity index (χ2n) is 6.28. The second-order valence-corrected chi connectivity index (χ2v) is 8.03. The van der Waals surface area contributed by atoms with E-state index in [9.17, 15) is 12.8 Å². The number of halogens is 1. The van der Waals surface area contributed by atoms with E-state index in [0.29, 0.717) is 30.4 Å². The lowest BCUT2D eigenvalue weighted by atomic mass is 10.2. The van der Waals surface area contributed by atoms with Crippen LogP contribution in [-0.4, -0.2) is 57.8 Å². The minimum Gasteiger partial charge on any atom is -0.378 e. The number of anilines is 2. The van der Waals surface area contributed by atoms with Crippen molar-refractivity contribution >= 4 is 21.8 Å². The van der Waals surface area contributed by atoms with Gasteiger partial charge in [0.1, 0.15) is 11.6 Å². The van der Waals surface area contributed by atoms with Crippen molar-refractivity contribution in [3.63, 3.8) is 0 Å². The van der Waals surface area contributed by atoms with E-state index >= 15 is 0 Å². The van der Waals surface area contributed by atoms with E-state index in [1.165, 1.54) is 18.2 Å². The van der Waals surface area contributed by atoms with E-state index in [0.717, 1.165) is 0 Å². The molecular formula is C17H22FN5O3S. The average molecular weight is 395 g/mol. The molecule has 0 radical (unpaired) electrons. The molecule has 1 aliphatic heterocycles. The van der Waals surface area contributed by atoms with Crippen molar-refractivity contribution in [2.75, 3.05) is 37.5 Å². The van der Waals surface area contributed by atoms with Crippen molar-refractivity contribution in [2.24, 2.45) is 0 Å². The molecule has 1 aliphatic rings. The largest absolute Gasteiger partial charge is 0.378 e. The fourth-order valence-corrected chi connectivity index (χ4v) is 4.47. The van der Waals surface area contributed by atoms with Crippen LogP contribution in [0.1, 0.15) is 5.56 Å². The summed E-state index contributed by atoms with van der Waals surface area (Å²) < 4.78 is 46.5. The van der Waals surface area contributed by atoms with Gasteiger partial charge in [0, 0.05) is 33.4 Å². The molecule has 0 spiro atoms. The van der Waals surface area contributed by atoms with E-state index in [-0.39, 0.29) is 11.9 Å². The summed E-state index contributed by atoms with van der Waals surface area (Å²) in [6, 6.07) is 6.88. The maximum atomic E-state index is 13.3. The maximum Gasteiger partial charge on any atom is 0.224 e. The number of rotatable bonds is 7. The summed E-state index contributed by atoms with van der Waals surface area (Å²) in [5, 5.41) is 2.88. The zero-order chi connectivity index (χ0) is 19.4. The molecule has 0 bridgehead atoms. The Morgan fingerprint density at radius 3 is 2.85 bits per heavy atom. The molecule has 0 aliphatic carbocycles. The number of methoxy groups -OCH3 is 1. The Kier molecular flexibility index (Phi) is 5.88. The van der Waals surface area contributed by atoms with Crippen LogP contribution < -0.4 is 14.9 Å². The van der Waals surface area contributed by atoms with Crippen molar-refractivity contribution in [3.05, 3.63) is 47.9 Å². The molecule has 10 heteroatoms. The van der Waals surface area contributed by atoms with Crippen LogP contribution in [0.5, 0.6) is 0 Å². The van der Waals surface area contributed by atoms with E-state index < -0.39 is 21.9 Å². The molecule has 2 N–H and O–H groups in total. The van der Waals surface area contributed by atoms with Crippen LogP contribution in [0.4, 0.5) is 16.2 Å². The molecule has 0 amide bonds. The first-order valence-electron chi connectivity index (χ1n) is 8.43. The van der Waals surface area contributed by atoms with Crippen LogP contribution >= 0.6 is 0 Å². The highest BCUT2D eigenvalue weighted by molar-refractivity contribution is 7.88. The van der Waals surface area contributed by atoms with E-state index in [1.807, 2.05) is 4.90 Å². The lowest BCUT2D eigenvalue weighted by molar-refractivity contribution is 0.104. The molecule has 1 aromatic heterocycles. The Bertz CT molecular complexity index is 896. The first kappa shape index (κ1) is 19.5. The summed E-state index contributed by atoms with van der Waals surface area (Å²) in [6.45, 7) is 0.894. The molecule has 2 aromatic rings. The normalized spacial score (nSPS) is 20.0. The van der Waals surface area contributed by atoms with Gasteiger partial charge in [-0.3, -0.25) is 0 Å². The third-order valence-corrected chi connectivity index (χ3v) is 5.71. The van der Waals surface area contributed by atoms with Gasteiger partial charge in [0.15, 0.2) is 0 Å². The minimum absolute atomic E-state index is 0.297. The van der Waals surface area contributed by atoms with E-state index in [4.69, 9.17) is 4.74 Å². The first-order valence-corrected chi connectivity index (χ1v) is 10.1. The number of ether oxygens (including phenoxy) is 1. The SMILES string of the molecule is CNc1nccc(N2C[C@H](OC)[C@H](NS(=O)(=O)Cc3cccc(F)c3)C2)n1. The Hall–Kier alpha value is -2.30. The van der Waals surface area contributed by atoms with Crippen LogP contribution in [-0.2, 0) is 20.5 Å². The van der Waals surface area contributed by atoms with Gasteiger partial charge < -0.3 is 15.0 Å². The van der Waals surface area contributed by atoms with Crippen LogP contribution in [0.3, 0.4) is 0 Å². The van der Waals surface area contributed by atoms with Gasteiger partial charge in [0.25, 0.3) is 0 Å². The minimum atomic E-state index is -3.66. The third-order valence-electron chi connectivity index (χ3n) is 4.33. The molecule has 8 nitrogen and oxygen atoms in total. The van der Waals surface area contributed by atoms with Crippen molar-refractivity contribution in [2.45, 2.75) is 17.9 Å². The maximum absolute atomic E-state index is 13.3. The molecule has 1 aromatic carbocycles. The molecule has 146 valence electrons. The van der Waals surface area contributed by atoms with Gasteiger partial charge in [0.2, 0.25) is 16.0 Å². The zero-order valence-electron chi connectivity index (χ0n) is 15.1. The predicted octanol–water partition coefficient (Wildman–Crippen LogP) is 0.981. The summed E-state index contributed by atoms with van der Waals surface area (Å²) in [7, 11) is -0.395. The van der Waals surface area contributed by atoms with Crippen LogP contribution in [0, 0.1) is 5.82 Å². The monoisotopic (exact) mass is 395 g/mol. The lowest BCUT2D eigenvalue weighted by Gasteiger charge is -2.18. The van der Waals surface area contributed by atoms with Crippen molar-refractivity contribution in [1.29, 1.82) is 0 Å². The predicted molar refractivity (Wildman–Crippen MR) is 101 cm³/mol. The molecule has 2 heterocycles. The molecule has 0 saturated carbocycles. The topological polar surface area (TPSA) is 96.5 Å². The molecule has 0 unspecified atom stereocenters. The fraction of sp³-hybridized carbons (Fsp3) is 0.412. The lowest BCUT2D eigenvalue weighted by Crippen LogP contribution is -2.44. The molecule has 1 saturated heterocycles. The van der Waals surface area contributed by atoms with E-state index in [1.54, 1.807) is 32.5 Å². The Morgan fingerprint density at radius 2 is 2.15 bits per heavy atom. The second kappa shape index (κ2) is 8.15. The Morgan fingerprint density at radius 1 is 1.33 bits per heavy atom. The fourth-order valence-electron chi connectivity index (χ4n) is 3.08. The highest BCUT2D eigenvalue weighted by Crippen LogP contribution is 2.21. The number of benzene rings is 1. The number of hydrogen-bond acceptors (Lipinski definition) is 7. The summed E-state index contributed by atoms with van der Waals surface area (Å²) in [6.07, 6.45) is 1.30. The Balaban J connectivity index is 1.71. The van der Waals surface area contributed by atoms with Gasteiger partial charge in [-0.25, -0.2) is 22.5 Å². The first-order chi connectivity index (χ1) is 12.9. The zero-order valence-corrected chi connectivity index (χ0v) is 15.9. The number of nitrogens with zero attached hydrogens (tertiary/aromatic N) is 3. The summed E-state index contributed by atoms with van der Waals surface area (Å²) in [4.78, 5) is 10.4. The van der Waals surface area contributed by atoms with Gasteiger partial charge in [-0.1, -0.05) is 12.1 Å². The van der Waals surface area contributed by atoms with Crippen LogP contribution in [0.25, 0.3) is 0 Å². The molecule has 27 heavy (non-hydrogen) atoms. The molecule has 1 fully saturated rings. The van der Waals surface area contributed by atoms with Gasteiger partial charge in [-0.2, -0.15) is 4.98 Å². The van der Waals surface area contributed by atoms with E-state index in [2.05, 4.69) is 20.0 Å². The third kappa shape index (κ3) is 4.90. The number of aromatic nitrogens is 2. The smallest absolute Gasteiger partial charge is 0.224 e. The van der Waals surface area contributed by atoms with Gasteiger partial charge >= 0.3 is 0 Å². The summed E-state index contributed by atoms with van der Waals surface area (Å²) >= 11 is 0. The van der Waals surface area contributed by atoms with Gasteiger partial charge in [-0.05, 0) is 23.8 Å². The van der Waals surface area contributed by atoms with Gasteiger partial charge in [0.05, 0.1) is 17.9 Å². The van der Waals surface area contributed by atoms with Crippen molar-refractivity contribution in [3.8, 4) is 0 Å². The highest BCUT2D eigenvalue weighted by Gasteiger charge is 2.36.